The molecule has 2 aliphatic rings. The van der Waals surface area contributed by atoms with Crippen molar-refractivity contribution in [3.05, 3.63) is 0 Å². The van der Waals surface area contributed by atoms with E-state index < -0.39 is 10.2 Å². The molecule has 0 saturated carbocycles. The number of nitrogens with two attached hydrogens (primary N) is 1. The number of nitrogens with zero attached hydrogens (tertiary/aromatic N) is 2. The van der Waals surface area contributed by atoms with Gasteiger partial charge in [-0.3, -0.25) is 0 Å². The van der Waals surface area contributed by atoms with E-state index in [1.807, 2.05) is 13.8 Å². The molecule has 2 aliphatic heterocycles. The van der Waals surface area contributed by atoms with Crippen molar-refractivity contribution in [2.24, 2.45) is 5.73 Å². The Morgan fingerprint density at radius 1 is 1.21 bits per heavy atom. The summed E-state index contributed by atoms with van der Waals surface area (Å²) in [6, 6.07) is 0.0410. The van der Waals surface area contributed by atoms with E-state index >= 15 is 0 Å². The van der Waals surface area contributed by atoms with Crippen LogP contribution in [-0.4, -0.2) is 61.5 Å². The van der Waals surface area contributed by atoms with Crippen LogP contribution in [0.4, 0.5) is 0 Å². The highest BCUT2D eigenvalue weighted by Crippen LogP contribution is 2.21. The molecule has 2 atom stereocenters. The molecule has 19 heavy (non-hydrogen) atoms. The highest BCUT2D eigenvalue weighted by molar-refractivity contribution is 7.86. The Bertz CT molecular complexity index is 385. The lowest BCUT2D eigenvalue weighted by Gasteiger charge is -2.40. The lowest BCUT2D eigenvalue weighted by molar-refractivity contribution is -0.0193. The fourth-order valence-electron chi connectivity index (χ4n) is 2.45. The van der Waals surface area contributed by atoms with Crippen LogP contribution in [0.3, 0.4) is 0 Å². The Morgan fingerprint density at radius 2 is 1.79 bits per heavy atom. The molecule has 0 aromatic heterocycles. The number of piperidine rings is 1. The minimum atomic E-state index is -3.36. The number of halogens is 1. The van der Waals surface area contributed by atoms with Crippen LogP contribution >= 0.6 is 12.4 Å². The molecule has 0 spiro atoms. The molecule has 2 N–H and O–H groups in total. The van der Waals surface area contributed by atoms with Gasteiger partial charge in [0.15, 0.2) is 0 Å². The number of hydrogen-bond acceptors (Lipinski definition) is 4. The van der Waals surface area contributed by atoms with Crippen LogP contribution in [0.15, 0.2) is 0 Å². The van der Waals surface area contributed by atoms with E-state index in [2.05, 4.69) is 0 Å². The Labute approximate surface area is 121 Å². The summed E-state index contributed by atoms with van der Waals surface area (Å²) in [7, 11) is -3.36. The smallest absolute Gasteiger partial charge is 0.282 e. The molecule has 0 bridgehead atoms. The second kappa shape index (κ2) is 6.69. The number of rotatable bonds is 2. The van der Waals surface area contributed by atoms with Gasteiger partial charge in [-0.1, -0.05) is 0 Å². The van der Waals surface area contributed by atoms with E-state index in [0.29, 0.717) is 26.2 Å². The molecule has 2 unspecified atom stereocenters. The zero-order valence-electron chi connectivity index (χ0n) is 11.5. The summed E-state index contributed by atoms with van der Waals surface area (Å²) < 4.78 is 33.7. The molecule has 2 heterocycles. The summed E-state index contributed by atoms with van der Waals surface area (Å²) in [5, 5.41) is 0. The number of morpholine rings is 1. The maximum atomic E-state index is 12.6. The van der Waals surface area contributed by atoms with Crippen LogP contribution in [-0.2, 0) is 14.9 Å². The first-order chi connectivity index (χ1) is 8.41. The van der Waals surface area contributed by atoms with Crippen molar-refractivity contribution < 1.29 is 13.2 Å². The molecule has 0 aromatic carbocycles. The zero-order valence-corrected chi connectivity index (χ0v) is 13.1. The summed E-state index contributed by atoms with van der Waals surface area (Å²) in [5.74, 6) is 0. The van der Waals surface area contributed by atoms with Gasteiger partial charge in [0.05, 0.1) is 12.7 Å². The molecule has 2 rings (SSSR count). The van der Waals surface area contributed by atoms with Crippen LogP contribution in [0.25, 0.3) is 0 Å². The summed E-state index contributed by atoms with van der Waals surface area (Å²) >= 11 is 0. The fourth-order valence-corrected chi connectivity index (χ4v) is 4.33. The van der Waals surface area contributed by atoms with E-state index in [9.17, 15) is 8.42 Å². The van der Waals surface area contributed by atoms with Gasteiger partial charge in [-0.25, -0.2) is 0 Å². The predicted octanol–water partition coefficient (Wildman–Crippen LogP) is 0.185. The third-order valence-electron chi connectivity index (χ3n) is 3.67. The van der Waals surface area contributed by atoms with Gasteiger partial charge in [-0.2, -0.15) is 17.0 Å². The lowest BCUT2D eigenvalue weighted by atomic mass is 10.1. The van der Waals surface area contributed by atoms with Crippen molar-refractivity contribution in [2.75, 3.05) is 26.2 Å². The molecule has 2 fully saturated rings. The molecule has 6 nitrogen and oxygen atoms in total. The highest BCUT2D eigenvalue weighted by atomic mass is 35.5. The van der Waals surface area contributed by atoms with Gasteiger partial charge in [-0.15, -0.1) is 12.4 Å². The zero-order chi connectivity index (χ0) is 13.3. The van der Waals surface area contributed by atoms with Gasteiger partial charge in [0.25, 0.3) is 10.2 Å². The standard InChI is InChI=1S/C11H23N3O3S.ClH/c1-9-8-17-10(2)7-14(9)18(15,16)13-5-3-11(12)4-6-13;/h9-11H,3-8,12H2,1-2H3;1H. The van der Waals surface area contributed by atoms with Crippen molar-refractivity contribution in [3.63, 3.8) is 0 Å². The van der Waals surface area contributed by atoms with Crippen molar-refractivity contribution in [2.45, 2.75) is 44.9 Å². The van der Waals surface area contributed by atoms with E-state index in [-0.39, 0.29) is 30.6 Å². The van der Waals surface area contributed by atoms with E-state index in [1.165, 1.54) is 0 Å². The third kappa shape index (κ3) is 3.80. The lowest BCUT2D eigenvalue weighted by Crippen LogP contribution is -2.56. The first-order valence-corrected chi connectivity index (χ1v) is 7.95. The van der Waals surface area contributed by atoms with Crippen molar-refractivity contribution in [3.8, 4) is 0 Å². The van der Waals surface area contributed by atoms with E-state index in [0.717, 1.165) is 12.8 Å². The SMILES string of the molecule is CC1CN(S(=O)(=O)N2CCC(N)CC2)C(C)CO1.Cl. The first kappa shape index (κ1) is 17.1. The molecule has 0 radical (unpaired) electrons. The molecule has 8 heteroatoms. The largest absolute Gasteiger partial charge is 0.375 e. The van der Waals surface area contributed by atoms with Gasteiger partial charge in [0.2, 0.25) is 0 Å². The van der Waals surface area contributed by atoms with Gasteiger partial charge in [-0.05, 0) is 26.7 Å². The number of ether oxygens (including phenoxy) is 1. The highest BCUT2D eigenvalue weighted by Gasteiger charge is 2.38. The van der Waals surface area contributed by atoms with Crippen molar-refractivity contribution in [1.29, 1.82) is 0 Å². The first-order valence-electron chi connectivity index (χ1n) is 6.55. The average Bonchev–Trinajstić information content (AvgIpc) is 2.32. The summed E-state index contributed by atoms with van der Waals surface area (Å²) in [5.41, 5.74) is 5.81. The van der Waals surface area contributed by atoms with Crippen LogP contribution in [0.1, 0.15) is 26.7 Å². The maximum Gasteiger partial charge on any atom is 0.282 e. The van der Waals surface area contributed by atoms with Gasteiger partial charge in [0.1, 0.15) is 0 Å². The van der Waals surface area contributed by atoms with E-state index in [1.54, 1.807) is 8.61 Å². The molecule has 2 saturated heterocycles. The van der Waals surface area contributed by atoms with Crippen LogP contribution in [0.5, 0.6) is 0 Å². The van der Waals surface area contributed by atoms with Gasteiger partial charge < -0.3 is 10.5 Å². The molecule has 114 valence electrons. The second-order valence-electron chi connectivity index (χ2n) is 5.31. The Kier molecular flexibility index (Phi) is 6.03. The molecular formula is C11H24ClN3O3S. The average molecular weight is 314 g/mol. The van der Waals surface area contributed by atoms with Crippen LogP contribution in [0, 0.1) is 0 Å². The summed E-state index contributed by atoms with van der Waals surface area (Å²) in [6.45, 7) is 5.75. The summed E-state index contributed by atoms with van der Waals surface area (Å²) in [6.07, 6.45) is 1.45. The monoisotopic (exact) mass is 313 g/mol. The molecular weight excluding hydrogens is 290 g/mol. The Hall–Kier alpha value is 0.0800. The fraction of sp³-hybridized carbons (Fsp3) is 1.00. The van der Waals surface area contributed by atoms with Crippen molar-refractivity contribution in [1.82, 2.24) is 8.61 Å². The predicted molar refractivity (Wildman–Crippen MR) is 76.5 cm³/mol. The Balaban J connectivity index is 0.00000180. The topological polar surface area (TPSA) is 75.9 Å². The second-order valence-corrected chi connectivity index (χ2v) is 7.19. The van der Waals surface area contributed by atoms with Crippen LogP contribution < -0.4 is 5.73 Å². The number of hydrogen-bond donors (Lipinski definition) is 1. The molecule has 0 amide bonds. The quantitative estimate of drug-likeness (QED) is 0.789. The van der Waals surface area contributed by atoms with Crippen molar-refractivity contribution >= 4 is 22.6 Å². The minimum absolute atomic E-state index is 0. The van der Waals surface area contributed by atoms with Gasteiger partial charge in [0, 0.05) is 31.7 Å². The maximum absolute atomic E-state index is 12.6. The van der Waals surface area contributed by atoms with Gasteiger partial charge >= 0.3 is 0 Å². The normalized spacial score (nSPS) is 31.9. The minimum Gasteiger partial charge on any atom is -0.375 e. The molecule has 0 aromatic rings. The van der Waals surface area contributed by atoms with Crippen LogP contribution in [0.2, 0.25) is 0 Å². The van der Waals surface area contributed by atoms with E-state index in [4.69, 9.17) is 10.5 Å². The Morgan fingerprint density at radius 3 is 2.37 bits per heavy atom. The molecule has 0 aliphatic carbocycles. The summed E-state index contributed by atoms with van der Waals surface area (Å²) in [4.78, 5) is 0. The third-order valence-corrected chi connectivity index (χ3v) is 5.79.